The fraction of sp³-hybridized carbons (Fsp3) is 0.176. The van der Waals surface area contributed by atoms with E-state index in [4.69, 9.17) is 14.7 Å². The standard InChI is InChI=1S/C17H16N2O3/c1-21-16-11-13(9-10-18)7-8-15(16)19-17(20)22-12-14-5-3-2-4-6-14/h2-8,11H,9,12H2,1H3,(H,19,20). The van der Waals surface area contributed by atoms with Gasteiger partial charge in [-0.15, -0.1) is 0 Å². The molecule has 0 heterocycles. The summed E-state index contributed by atoms with van der Waals surface area (Å²) in [5, 5.41) is 11.3. The highest BCUT2D eigenvalue weighted by atomic mass is 16.5. The Balaban J connectivity index is 1.97. The van der Waals surface area contributed by atoms with Crippen molar-refractivity contribution >= 4 is 11.8 Å². The van der Waals surface area contributed by atoms with Crippen LogP contribution in [0.3, 0.4) is 0 Å². The number of benzene rings is 2. The average molecular weight is 296 g/mol. The molecule has 2 rings (SSSR count). The SMILES string of the molecule is COc1cc(CC#N)ccc1NC(=O)OCc1ccccc1. The van der Waals surface area contributed by atoms with E-state index in [0.29, 0.717) is 11.4 Å². The number of nitrogens with zero attached hydrogens (tertiary/aromatic N) is 1. The van der Waals surface area contributed by atoms with Gasteiger partial charge >= 0.3 is 6.09 Å². The topological polar surface area (TPSA) is 71.3 Å². The van der Waals surface area contributed by atoms with E-state index >= 15 is 0 Å². The molecule has 0 atom stereocenters. The van der Waals surface area contributed by atoms with Gasteiger partial charge in [-0.1, -0.05) is 36.4 Å². The highest BCUT2D eigenvalue weighted by Gasteiger charge is 2.09. The molecular weight excluding hydrogens is 280 g/mol. The van der Waals surface area contributed by atoms with Crippen LogP contribution >= 0.6 is 0 Å². The molecule has 0 unspecified atom stereocenters. The lowest BCUT2D eigenvalue weighted by Crippen LogP contribution is -2.14. The average Bonchev–Trinajstić information content (AvgIpc) is 2.55. The lowest BCUT2D eigenvalue weighted by molar-refractivity contribution is 0.155. The Morgan fingerprint density at radius 1 is 1.18 bits per heavy atom. The number of hydrogen-bond acceptors (Lipinski definition) is 4. The van der Waals surface area contributed by atoms with Gasteiger partial charge in [-0.2, -0.15) is 5.26 Å². The summed E-state index contributed by atoms with van der Waals surface area (Å²) in [7, 11) is 1.51. The predicted octanol–water partition coefficient (Wildman–Crippen LogP) is 3.51. The first-order chi connectivity index (χ1) is 10.7. The maximum Gasteiger partial charge on any atom is 0.412 e. The van der Waals surface area contributed by atoms with E-state index in [1.165, 1.54) is 7.11 Å². The molecule has 0 saturated heterocycles. The molecule has 0 bridgehead atoms. The van der Waals surface area contributed by atoms with E-state index in [9.17, 15) is 4.79 Å². The van der Waals surface area contributed by atoms with Crippen LogP contribution in [-0.4, -0.2) is 13.2 Å². The Hall–Kier alpha value is -3.00. The summed E-state index contributed by atoms with van der Waals surface area (Å²) in [5.74, 6) is 0.490. The lowest BCUT2D eigenvalue weighted by Gasteiger charge is -2.11. The third-order valence-corrected chi connectivity index (χ3v) is 3.00. The minimum atomic E-state index is -0.560. The molecule has 0 aliphatic carbocycles. The van der Waals surface area contributed by atoms with E-state index in [1.54, 1.807) is 18.2 Å². The smallest absolute Gasteiger partial charge is 0.412 e. The van der Waals surface area contributed by atoms with Crippen LogP contribution in [0.5, 0.6) is 5.75 Å². The van der Waals surface area contributed by atoms with Gasteiger partial charge < -0.3 is 9.47 Å². The van der Waals surface area contributed by atoms with E-state index in [0.717, 1.165) is 11.1 Å². The summed E-state index contributed by atoms with van der Waals surface area (Å²) in [6, 6.07) is 16.7. The van der Waals surface area contributed by atoms with Gasteiger partial charge in [0, 0.05) is 0 Å². The zero-order chi connectivity index (χ0) is 15.8. The van der Waals surface area contributed by atoms with Crippen LogP contribution < -0.4 is 10.1 Å². The van der Waals surface area contributed by atoms with Crippen molar-refractivity contribution in [1.82, 2.24) is 0 Å². The second-order valence-electron chi connectivity index (χ2n) is 4.56. The number of anilines is 1. The van der Waals surface area contributed by atoms with Crippen molar-refractivity contribution < 1.29 is 14.3 Å². The Morgan fingerprint density at radius 2 is 1.95 bits per heavy atom. The molecule has 0 aliphatic heterocycles. The van der Waals surface area contributed by atoms with Gasteiger partial charge in [-0.3, -0.25) is 5.32 Å². The molecule has 2 aromatic carbocycles. The second kappa shape index (κ2) is 7.70. The first-order valence-electron chi connectivity index (χ1n) is 6.74. The van der Waals surface area contributed by atoms with Gasteiger partial charge in [-0.25, -0.2) is 4.79 Å². The lowest BCUT2D eigenvalue weighted by atomic mass is 10.1. The number of carbonyl (C=O) groups excluding carboxylic acids is 1. The molecule has 0 aromatic heterocycles. The third kappa shape index (κ3) is 4.25. The fourth-order valence-corrected chi connectivity index (χ4v) is 1.91. The van der Waals surface area contributed by atoms with E-state index in [2.05, 4.69) is 11.4 Å². The molecule has 112 valence electrons. The summed E-state index contributed by atoms with van der Waals surface area (Å²) >= 11 is 0. The van der Waals surface area contributed by atoms with Gasteiger partial charge in [0.05, 0.1) is 25.3 Å². The number of ether oxygens (including phenoxy) is 2. The Morgan fingerprint density at radius 3 is 2.64 bits per heavy atom. The zero-order valence-electron chi connectivity index (χ0n) is 12.2. The van der Waals surface area contributed by atoms with Crippen molar-refractivity contribution in [3.05, 3.63) is 59.7 Å². The molecule has 0 fully saturated rings. The van der Waals surface area contributed by atoms with Crippen LogP contribution in [0.15, 0.2) is 48.5 Å². The van der Waals surface area contributed by atoms with Crippen LogP contribution in [0.2, 0.25) is 0 Å². The number of nitriles is 1. The normalized spacial score (nSPS) is 9.64. The molecule has 1 amide bonds. The highest BCUT2D eigenvalue weighted by Crippen LogP contribution is 2.26. The molecular formula is C17H16N2O3. The van der Waals surface area contributed by atoms with Gasteiger partial charge in [0.2, 0.25) is 0 Å². The van der Waals surface area contributed by atoms with Crippen LogP contribution in [0.25, 0.3) is 0 Å². The largest absolute Gasteiger partial charge is 0.495 e. The minimum Gasteiger partial charge on any atom is -0.495 e. The van der Waals surface area contributed by atoms with Crippen molar-refractivity contribution in [2.75, 3.05) is 12.4 Å². The van der Waals surface area contributed by atoms with Gasteiger partial charge in [0.15, 0.2) is 0 Å². The number of hydrogen-bond donors (Lipinski definition) is 1. The molecule has 0 spiro atoms. The van der Waals surface area contributed by atoms with Gasteiger partial charge in [0.25, 0.3) is 0 Å². The second-order valence-corrected chi connectivity index (χ2v) is 4.56. The Labute approximate surface area is 129 Å². The van der Waals surface area contributed by atoms with Crippen LogP contribution in [0.1, 0.15) is 11.1 Å². The number of carbonyl (C=O) groups is 1. The molecule has 22 heavy (non-hydrogen) atoms. The van der Waals surface area contributed by atoms with Gasteiger partial charge in [0.1, 0.15) is 12.4 Å². The monoisotopic (exact) mass is 296 g/mol. The minimum absolute atomic E-state index is 0.196. The first-order valence-corrected chi connectivity index (χ1v) is 6.74. The highest BCUT2D eigenvalue weighted by molar-refractivity contribution is 5.86. The number of methoxy groups -OCH3 is 1. The van der Waals surface area contributed by atoms with Crippen LogP contribution in [-0.2, 0) is 17.8 Å². The van der Waals surface area contributed by atoms with Crippen molar-refractivity contribution in [3.63, 3.8) is 0 Å². The molecule has 5 heteroatoms. The predicted molar refractivity (Wildman–Crippen MR) is 82.6 cm³/mol. The quantitative estimate of drug-likeness (QED) is 0.916. The molecule has 1 N–H and O–H groups in total. The molecule has 0 radical (unpaired) electrons. The Kier molecular flexibility index (Phi) is 5.38. The summed E-state index contributed by atoms with van der Waals surface area (Å²) in [6.45, 7) is 0.196. The number of amides is 1. The maximum atomic E-state index is 11.8. The van der Waals surface area contributed by atoms with Crippen molar-refractivity contribution in [2.45, 2.75) is 13.0 Å². The van der Waals surface area contributed by atoms with E-state index in [1.807, 2.05) is 30.3 Å². The van der Waals surface area contributed by atoms with Crippen molar-refractivity contribution in [3.8, 4) is 11.8 Å². The maximum absolute atomic E-state index is 11.8. The zero-order valence-corrected chi connectivity index (χ0v) is 12.2. The van der Waals surface area contributed by atoms with E-state index in [-0.39, 0.29) is 13.0 Å². The van der Waals surface area contributed by atoms with Crippen molar-refractivity contribution in [1.29, 1.82) is 5.26 Å². The third-order valence-electron chi connectivity index (χ3n) is 3.00. The summed E-state index contributed by atoms with van der Waals surface area (Å²) in [5.41, 5.74) is 2.23. The number of rotatable bonds is 5. The number of nitrogens with one attached hydrogen (secondary N) is 1. The molecule has 5 nitrogen and oxygen atoms in total. The Bertz CT molecular complexity index is 678. The van der Waals surface area contributed by atoms with E-state index < -0.39 is 6.09 Å². The molecule has 2 aromatic rings. The molecule has 0 aliphatic rings. The summed E-state index contributed by atoms with van der Waals surface area (Å²) in [4.78, 5) is 11.8. The van der Waals surface area contributed by atoms with Gasteiger partial charge in [-0.05, 0) is 23.3 Å². The first kappa shape index (κ1) is 15.4. The fourth-order valence-electron chi connectivity index (χ4n) is 1.91. The summed E-state index contributed by atoms with van der Waals surface area (Å²) < 4.78 is 10.4. The molecule has 0 saturated carbocycles. The van der Waals surface area contributed by atoms with Crippen LogP contribution in [0.4, 0.5) is 10.5 Å². The summed E-state index contributed by atoms with van der Waals surface area (Å²) in [6.07, 6.45) is -0.273. The van der Waals surface area contributed by atoms with Crippen LogP contribution in [0, 0.1) is 11.3 Å². The van der Waals surface area contributed by atoms with Crippen molar-refractivity contribution in [2.24, 2.45) is 0 Å².